The molecule has 0 aliphatic carbocycles. The van der Waals surface area contributed by atoms with E-state index in [9.17, 15) is 9.90 Å². The molecule has 1 aliphatic rings. The molecule has 0 amide bonds. The summed E-state index contributed by atoms with van der Waals surface area (Å²) in [5, 5.41) is 18.5. The van der Waals surface area contributed by atoms with Crippen LogP contribution in [0, 0.1) is 18.8 Å². The molecule has 202 valence electrons. The fraction of sp³-hybridized carbons (Fsp3) is 0.281. The van der Waals surface area contributed by atoms with Crippen molar-refractivity contribution < 1.29 is 24.5 Å². The SMILES string of the molecule is Cc1cc(OCC=C(c2ccc(Br)cc2)c2ccc(C#CCN3CCC(O)CC3)cc2)ccc1OCC(=O)O. The minimum atomic E-state index is -1.01. The van der Waals surface area contributed by atoms with Crippen molar-refractivity contribution in [3.63, 3.8) is 0 Å². The quantitative estimate of drug-likeness (QED) is 0.319. The first kappa shape index (κ1) is 28.4. The van der Waals surface area contributed by atoms with E-state index in [1.54, 1.807) is 12.1 Å². The molecule has 0 atom stereocenters. The highest BCUT2D eigenvalue weighted by Crippen LogP contribution is 2.27. The number of piperidine rings is 1. The van der Waals surface area contributed by atoms with E-state index in [-0.39, 0.29) is 12.7 Å². The van der Waals surface area contributed by atoms with Gasteiger partial charge in [-0.2, -0.15) is 0 Å². The molecule has 4 rings (SSSR count). The van der Waals surface area contributed by atoms with Crippen LogP contribution >= 0.6 is 15.9 Å². The van der Waals surface area contributed by atoms with Crippen LogP contribution in [0.3, 0.4) is 0 Å². The molecule has 0 unspecified atom stereocenters. The molecule has 0 aromatic heterocycles. The topological polar surface area (TPSA) is 79.2 Å². The number of aliphatic carboxylic acids is 1. The lowest BCUT2D eigenvalue weighted by Gasteiger charge is -2.27. The maximum absolute atomic E-state index is 10.8. The maximum Gasteiger partial charge on any atom is 0.341 e. The van der Waals surface area contributed by atoms with Crippen LogP contribution in [0.4, 0.5) is 0 Å². The summed E-state index contributed by atoms with van der Waals surface area (Å²) < 4.78 is 12.3. The van der Waals surface area contributed by atoms with E-state index < -0.39 is 5.97 Å². The van der Waals surface area contributed by atoms with Crippen molar-refractivity contribution in [1.82, 2.24) is 4.90 Å². The normalized spacial score (nSPS) is 14.4. The number of likely N-dealkylation sites (tertiary alicyclic amines) is 1. The second-order valence-electron chi connectivity index (χ2n) is 9.43. The number of ether oxygens (including phenoxy) is 2. The average molecular weight is 591 g/mol. The van der Waals surface area contributed by atoms with Crippen molar-refractivity contribution in [3.8, 4) is 23.3 Å². The minimum Gasteiger partial charge on any atom is -0.489 e. The zero-order chi connectivity index (χ0) is 27.6. The van der Waals surface area contributed by atoms with Crippen LogP contribution < -0.4 is 9.47 Å². The molecule has 39 heavy (non-hydrogen) atoms. The van der Waals surface area contributed by atoms with Crippen LogP contribution in [0.25, 0.3) is 5.57 Å². The molecule has 2 N–H and O–H groups in total. The van der Waals surface area contributed by atoms with E-state index >= 15 is 0 Å². The number of halogens is 1. The summed E-state index contributed by atoms with van der Waals surface area (Å²) in [4.78, 5) is 13.0. The molecule has 1 fully saturated rings. The number of rotatable bonds is 9. The molecule has 0 bridgehead atoms. The number of hydrogen-bond acceptors (Lipinski definition) is 5. The van der Waals surface area contributed by atoms with E-state index in [1.807, 2.05) is 37.3 Å². The van der Waals surface area contributed by atoms with Gasteiger partial charge in [-0.3, -0.25) is 4.90 Å². The van der Waals surface area contributed by atoms with Gasteiger partial charge in [0.2, 0.25) is 0 Å². The summed E-state index contributed by atoms with van der Waals surface area (Å²) in [5.41, 5.74) is 4.95. The minimum absolute atomic E-state index is 0.171. The fourth-order valence-electron chi connectivity index (χ4n) is 4.33. The zero-order valence-electron chi connectivity index (χ0n) is 21.9. The second kappa shape index (κ2) is 14.0. The number of aryl methyl sites for hydroxylation is 1. The molecular formula is C32H32BrNO5. The summed E-state index contributed by atoms with van der Waals surface area (Å²) in [7, 11) is 0. The van der Waals surface area contributed by atoms with Crippen LogP contribution in [0.2, 0.25) is 0 Å². The van der Waals surface area contributed by atoms with Crippen molar-refractivity contribution in [2.45, 2.75) is 25.9 Å². The van der Waals surface area contributed by atoms with Gasteiger partial charge in [0, 0.05) is 23.1 Å². The summed E-state index contributed by atoms with van der Waals surface area (Å²) in [5.74, 6) is 6.71. The summed E-state index contributed by atoms with van der Waals surface area (Å²) in [6, 6.07) is 21.7. The third kappa shape index (κ3) is 8.72. The van der Waals surface area contributed by atoms with Gasteiger partial charge in [0.1, 0.15) is 18.1 Å². The highest BCUT2D eigenvalue weighted by Gasteiger charge is 2.15. The van der Waals surface area contributed by atoms with Crippen LogP contribution in [0.5, 0.6) is 11.5 Å². The highest BCUT2D eigenvalue weighted by molar-refractivity contribution is 9.10. The molecule has 0 radical (unpaired) electrons. The lowest BCUT2D eigenvalue weighted by molar-refractivity contribution is -0.139. The van der Waals surface area contributed by atoms with Crippen LogP contribution in [0.1, 0.15) is 35.1 Å². The number of carboxylic acid groups (broad SMARTS) is 1. The third-order valence-corrected chi connectivity index (χ3v) is 7.01. The second-order valence-corrected chi connectivity index (χ2v) is 10.3. The Morgan fingerprint density at radius 1 is 1.03 bits per heavy atom. The van der Waals surface area contributed by atoms with Gasteiger partial charge in [-0.1, -0.05) is 52.0 Å². The monoisotopic (exact) mass is 589 g/mol. The van der Waals surface area contributed by atoms with Gasteiger partial charge >= 0.3 is 5.97 Å². The largest absolute Gasteiger partial charge is 0.489 e. The Balaban J connectivity index is 1.45. The first-order valence-corrected chi connectivity index (χ1v) is 13.7. The average Bonchev–Trinajstić information content (AvgIpc) is 2.93. The molecule has 1 heterocycles. The van der Waals surface area contributed by atoms with E-state index in [2.05, 4.69) is 63.0 Å². The molecule has 1 aliphatic heterocycles. The van der Waals surface area contributed by atoms with Gasteiger partial charge in [-0.15, -0.1) is 0 Å². The van der Waals surface area contributed by atoms with E-state index in [0.717, 1.165) is 58.2 Å². The Kier molecular flexibility index (Phi) is 10.2. The summed E-state index contributed by atoms with van der Waals surface area (Å²) in [6.07, 6.45) is 3.52. The molecule has 0 spiro atoms. The number of aliphatic hydroxyl groups is 1. The van der Waals surface area contributed by atoms with Crippen LogP contribution in [-0.2, 0) is 4.79 Å². The zero-order valence-corrected chi connectivity index (χ0v) is 23.5. The van der Waals surface area contributed by atoms with Gasteiger partial charge in [-0.05, 0) is 90.6 Å². The van der Waals surface area contributed by atoms with Crippen molar-refractivity contribution in [1.29, 1.82) is 0 Å². The molecule has 3 aromatic carbocycles. The Hall–Kier alpha value is -3.57. The molecular weight excluding hydrogens is 558 g/mol. The molecule has 3 aromatic rings. The van der Waals surface area contributed by atoms with E-state index in [0.29, 0.717) is 24.7 Å². The first-order valence-electron chi connectivity index (χ1n) is 12.9. The first-order chi connectivity index (χ1) is 18.9. The predicted octanol–water partition coefficient (Wildman–Crippen LogP) is 5.54. The Bertz CT molecular complexity index is 1350. The van der Waals surface area contributed by atoms with Crippen LogP contribution in [0.15, 0.2) is 77.3 Å². The summed E-state index contributed by atoms with van der Waals surface area (Å²) >= 11 is 3.51. The molecule has 6 nitrogen and oxygen atoms in total. The Morgan fingerprint density at radius 3 is 2.33 bits per heavy atom. The Morgan fingerprint density at radius 2 is 1.69 bits per heavy atom. The van der Waals surface area contributed by atoms with E-state index in [1.165, 1.54) is 0 Å². The lowest BCUT2D eigenvalue weighted by Crippen LogP contribution is -2.35. The summed E-state index contributed by atoms with van der Waals surface area (Å²) in [6.45, 7) is 4.32. The van der Waals surface area contributed by atoms with Gasteiger partial charge in [0.25, 0.3) is 0 Å². The van der Waals surface area contributed by atoms with E-state index in [4.69, 9.17) is 14.6 Å². The maximum atomic E-state index is 10.8. The standard InChI is InChI=1S/C32H32BrNO5/c1-23-21-29(12-13-31(23)39-22-32(36)37)38-20-16-30(26-8-10-27(33)11-9-26)25-6-4-24(5-7-25)3-2-17-34-18-14-28(35)15-19-34/h4-13,16,21,28,35H,14-15,17-20,22H2,1H3,(H,36,37). The van der Waals surface area contributed by atoms with Gasteiger partial charge < -0.3 is 19.7 Å². The predicted molar refractivity (Wildman–Crippen MR) is 156 cm³/mol. The number of nitrogens with zero attached hydrogens (tertiary/aromatic N) is 1. The number of hydrogen-bond donors (Lipinski definition) is 2. The fourth-order valence-corrected chi connectivity index (χ4v) is 4.59. The number of carboxylic acids is 1. The third-order valence-electron chi connectivity index (χ3n) is 6.48. The molecule has 0 saturated carbocycles. The molecule has 1 saturated heterocycles. The number of aliphatic hydroxyl groups excluding tert-OH is 1. The smallest absolute Gasteiger partial charge is 0.341 e. The number of carbonyl (C=O) groups is 1. The van der Waals surface area contributed by atoms with Gasteiger partial charge in [0.05, 0.1) is 12.6 Å². The van der Waals surface area contributed by atoms with Crippen molar-refractivity contribution >= 4 is 27.5 Å². The lowest BCUT2D eigenvalue weighted by atomic mass is 9.97. The number of benzene rings is 3. The van der Waals surface area contributed by atoms with Crippen molar-refractivity contribution in [2.75, 3.05) is 32.8 Å². The Labute approximate surface area is 238 Å². The van der Waals surface area contributed by atoms with Crippen molar-refractivity contribution in [3.05, 3.63) is 99.5 Å². The highest BCUT2D eigenvalue weighted by atomic mass is 79.9. The van der Waals surface area contributed by atoms with Gasteiger partial charge in [-0.25, -0.2) is 4.79 Å². The molecule has 7 heteroatoms. The van der Waals surface area contributed by atoms with Crippen LogP contribution in [-0.4, -0.2) is 60.0 Å². The van der Waals surface area contributed by atoms with Gasteiger partial charge in [0.15, 0.2) is 6.61 Å². The van der Waals surface area contributed by atoms with Crippen molar-refractivity contribution in [2.24, 2.45) is 0 Å².